The molecule has 0 radical (unpaired) electrons. The third-order valence-electron chi connectivity index (χ3n) is 2.54. The van der Waals surface area contributed by atoms with Gasteiger partial charge in [-0.1, -0.05) is 17.7 Å². The summed E-state index contributed by atoms with van der Waals surface area (Å²) in [7, 11) is 0. The molecule has 1 aromatic rings. The number of amides is 2. The number of aryl methyl sites for hydroxylation is 1. The molecule has 0 aliphatic rings. The second-order valence-electron chi connectivity index (χ2n) is 4.19. The fourth-order valence-corrected chi connectivity index (χ4v) is 1.40. The van der Waals surface area contributed by atoms with E-state index in [4.69, 9.17) is 10.2 Å². The Morgan fingerprint density at radius 3 is 2.30 bits per heavy atom. The SMILES string of the molecule is Cc1ccc(C(=O)NCC(=O)N[C@H](CO)C(=O)O)cc1. The van der Waals surface area contributed by atoms with Crippen LogP contribution in [0.1, 0.15) is 15.9 Å². The van der Waals surface area contributed by atoms with E-state index in [0.717, 1.165) is 5.56 Å². The summed E-state index contributed by atoms with van der Waals surface area (Å²) in [5.74, 6) is -2.46. The van der Waals surface area contributed by atoms with Gasteiger partial charge in [0.2, 0.25) is 5.91 Å². The van der Waals surface area contributed by atoms with Gasteiger partial charge in [0.15, 0.2) is 0 Å². The highest BCUT2D eigenvalue weighted by molar-refractivity contribution is 5.96. The summed E-state index contributed by atoms with van der Waals surface area (Å²) in [4.78, 5) is 33.7. The van der Waals surface area contributed by atoms with Gasteiger partial charge in [0, 0.05) is 5.56 Å². The number of benzene rings is 1. The minimum absolute atomic E-state index is 0.365. The Morgan fingerprint density at radius 1 is 1.20 bits per heavy atom. The lowest BCUT2D eigenvalue weighted by Crippen LogP contribution is -2.47. The molecule has 1 aromatic carbocycles. The number of carboxylic acid groups (broad SMARTS) is 1. The van der Waals surface area contributed by atoms with Crippen molar-refractivity contribution in [1.29, 1.82) is 0 Å². The van der Waals surface area contributed by atoms with Gasteiger partial charge in [0.05, 0.1) is 13.2 Å². The molecule has 0 unspecified atom stereocenters. The van der Waals surface area contributed by atoms with Gasteiger partial charge in [-0.15, -0.1) is 0 Å². The number of carbonyl (C=O) groups is 3. The highest BCUT2D eigenvalue weighted by atomic mass is 16.4. The van der Waals surface area contributed by atoms with Gasteiger partial charge in [-0.25, -0.2) is 4.79 Å². The summed E-state index contributed by atoms with van der Waals surface area (Å²) in [6, 6.07) is 5.40. The van der Waals surface area contributed by atoms with E-state index in [-0.39, 0.29) is 6.54 Å². The number of aliphatic carboxylic acids is 1. The van der Waals surface area contributed by atoms with Crippen LogP contribution in [0.4, 0.5) is 0 Å². The first-order valence-corrected chi connectivity index (χ1v) is 5.92. The van der Waals surface area contributed by atoms with Crippen molar-refractivity contribution in [3.05, 3.63) is 35.4 Å². The molecule has 0 aromatic heterocycles. The molecular formula is C13H16N2O5. The van der Waals surface area contributed by atoms with Gasteiger partial charge in [-0.3, -0.25) is 9.59 Å². The van der Waals surface area contributed by atoms with Gasteiger partial charge >= 0.3 is 5.97 Å². The van der Waals surface area contributed by atoms with E-state index < -0.39 is 30.4 Å². The van der Waals surface area contributed by atoms with Crippen LogP contribution in [0, 0.1) is 6.92 Å². The van der Waals surface area contributed by atoms with Crippen LogP contribution in [0.25, 0.3) is 0 Å². The summed E-state index contributed by atoms with van der Waals surface area (Å²) >= 11 is 0. The van der Waals surface area contributed by atoms with Crippen molar-refractivity contribution in [3.8, 4) is 0 Å². The molecule has 20 heavy (non-hydrogen) atoms. The summed E-state index contributed by atoms with van der Waals surface area (Å²) < 4.78 is 0. The first-order valence-electron chi connectivity index (χ1n) is 5.92. The number of aliphatic hydroxyl groups is 1. The van der Waals surface area contributed by atoms with E-state index in [2.05, 4.69) is 10.6 Å². The molecule has 7 heteroatoms. The van der Waals surface area contributed by atoms with E-state index >= 15 is 0 Å². The van der Waals surface area contributed by atoms with E-state index in [0.29, 0.717) is 5.56 Å². The molecule has 1 atom stereocenters. The fourth-order valence-electron chi connectivity index (χ4n) is 1.40. The summed E-state index contributed by atoms with van der Waals surface area (Å²) in [5.41, 5.74) is 1.41. The van der Waals surface area contributed by atoms with Crippen molar-refractivity contribution in [2.24, 2.45) is 0 Å². The first kappa shape index (κ1) is 15.6. The molecule has 7 nitrogen and oxygen atoms in total. The Morgan fingerprint density at radius 2 is 1.80 bits per heavy atom. The average Bonchev–Trinajstić information content (AvgIpc) is 2.42. The molecule has 1 rings (SSSR count). The van der Waals surface area contributed by atoms with Crippen LogP contribution in [0.2, 0.25) is 0 Å². The average molecular weight is 280 g/mol. The minimum Gasteiger partial charge on any atom is -0.480 e. The van der Waals surface area contributed by atoms with Crippen LogP contribution in [0.5, 0.6) is 0 Å². The number of aliphatic hydroxyl groups excluding tert-OH is 1. The molecule has 0 aliphatic carbocycles. The number of hydrogen-bond donors (Lipinski definition) is 4. The van der Waals surface area contributed by atoms with Crippen LogP contribution in [-0.2, 0) is 9.59 Å². The van der Waals surface area contributed by atoms with Crippen molar-refractivity contribution < 1.29 is 24.6 Å². The highest BCUT2D eigenvalue weighted by Gasteiger charge is 2.18. The predicted molar refractivity (Wildman–Crippen MR) is 70.2 cm³/mol. The summed E-state index contributed by atoms with van der Waals surface area (Å²) in [6.45, 7) is 0.805. The maximum Gasteiger partial charge on any atom is 0.328 e. The Hall–Kier alpha value is -2.41. The molecule has 108 valence electrons. The van der Waals surface area contributed by atoms with Crippen LogP contribution < -0.4 is 10.6 Å². The van der Waals surface area contributed by atoms with Crippen LogP contribution in [-0.4, -0.2) is 47.2 Å². The molecular weight excluding hydrogens is 264 g/mol. The molecule has 0 spiro atoms. The second-order valence-corrected chi connectivity index (χ2v) is 4.19. The van der Waals surface area contributed by atoms with Crippen molar-refractivity contribution in [2.45, 2.75) is 13.0 Å². The Balaban J connectivity index is 2.46. The number of nitrogens with one attached hydrogen (secondary N) is 2. The topological polar surface area (TPSA) is 116 Å². The van der Waals surface area contributed by atoms with Gasteiger partial charge in [-0.2, -0.15) is 0 Å². The molecule has 0 bridgehead atoms. The lowest BCUT2D eigenvalue weighted by Gasteiger charge is -2.12. The van der Waals surface area contributed by atoms with Crippen molar-refractivity contribution in [1.82, 2.24) is 10.6 Å². The maximum absolute atomic E-state index is 11.7. The second kappa shape index (κ2) is 7.25. The van der Waals surface area contributed by atoms with E-state index in [9.17, 15) is 14.4 Å². The Labute approximate surface area is 115 Å². The highest BCUT2D eigenvalue weighted by Crippen LogP contribution is 2.02. The number of rotatable bonds is 6. The van der Waals surface area contributed by atoms with Crippen molar-refractivity contribution in [3.63, 3.8) is 0 Å². The monoisotopic (exact) mass is 280 g/mol. The third-order valence-corrected chi connectivity index (χ3v) is 2.54. The van der Waals surface area contributed by atoms with Gasteiger partial charge in [-0.05, 0) is 19.1 Å². The van der Waals surface area contributed by atoms with E-state index in [1.807, 2.05) is 6.92 Å². The molecule has 0 saturated heterocycles. The fraction of sp³-hybridized carbons (Fsp3) is 0.308. The van der Waals surface area contributed by atoms with Crippen LogP contribution >= 0.6 is 0 Å². The lowest BCUT2D eigenvalue weighted by atomic mass is 10.1. The quantitative estimate of drug-likeness (QED) is 0.549. The van der Waals surface area contributed by atoms with Crippen LogP contribution in [0.3, 0.4) is 0 Å². The molecule has 0 heterocycles. The zero-order chi connectivity index (χ0) is 15.1. The van der Waals surface area contributed by atoms with Crippen molar-refractivity contribution in [2.75, 3.05) is 13.2 Å². The van der Waals surface area contributed by atoms with Crippen LogP contribution in [0.15, 0.2) is 24.3 Å². The third kappa shape index (κ3) is 4.69. The Kier molecular flexibility index (Phi) is 5.67. The molecule has 4 N–H and O–H groups in total. The largest absolute Gasteiger partial charge is 0.480 e. The standard InChI is InChI=1S/C13H16N2O5/c1-8-2-4-9(5-3-8)12(18)14-6-11(17)15-10(7-16)13(19)20/h2-5,10,16H,6-7H2,1H3,(H,14,18)(H,15,17)(H,19,20)/t10-/m1/s1. The molecule has 0 aliphatic heterocycles. The summed E-state index contributed by atoms with van der Waals surface area (Å²) in [5, 5.41) is 21.8. The maximum atomic E-state index is 11.7. The van der Waals surface area contributed by atoms with Crippen molar-refractivity contribution >= 4 is 17.8 Å². The van der Waals surface area contributed by atoms with E-state index in [1.165, 1.54) is 0 Å². The Bertz CT molecular complexity index is 498. The minimum atomic E-state index is -1.38. The summed E-state index contributed by atoms with van der Waals surface area (Å²) in [6.07, 6.45) is 0. The number of carbonyl (C=O) groups excluding carboxylic acids is 2. The first-order chi connectivity index (χ1) is 9.43. The number of carboxylic acids is 1. The molecule has 2 amide bonds. The van der Waals surface area contributed by atoms with E-state index in [1.54, 1.807) is 24.3 Å². The van der Waals surface area contributed by atoms with Gasteiger partial charge in [0.1, 0.15) is 6.04 Å². The van der Waals surface area contributed by atoms with Gasteiger partial charge in [0.25, 0.3) is 5.91 Å². The normalized spacial score (nSPS) is 11.5. The zero-order valence-corrected chi connectivity index (χ0v) is 10.9. The smallest absolute Gasteiger partial charge is 0.328 e. The van der Waals surface area contributed by atoms with Gasteiger partial charge < -0.3 is 20.8 Å². The lowest BCUT2D eigenvalue weighted by molar-refractivity contribution is -0.142. The molecule has 0 saturated carbocycles. The number of hydrogen-bond acceptors (Lipinski definition) is 4. The predicted octanol–water partition coefficient (Wildman–Crippen LogP) is -0.713. The zero-order valence-electron chi connectivity index (χ0n) is 10.9. The molecule has 0 fully saturated rings.